The molecule has 0 N–H and O–H groups in total. The molecule has 0 bridgehead atoms. The number of pyridine rings is 1. The van der Waals surface area contributed by atoms with Crippen LogP contribution in [0.25, 0.3) is 0 Å². The van der Waals surface area contributed by atoms with Gasteiger partial charge in [-0.15, -0.1) is 11.6 Å². The number of ether oxygens (including phenoxy) is 1. The highest BCUT2D eigenvalue weighted by Crippen LogP contribution is 2.14. The summed E-state index contributed by atoms with van der Waals surface area (Å²) in [6.45, 7) is 2.80. The molecule has 0 aromatic carbocycles. The Labute approximate surface area is 90.3 Å². The predicted molar refractivity (Wildman–Crippen MR) is 59.1 cm³/mol. The summed E-state index contributed by atoms with van der Waals surface area (Å²) in [7, 11) is 0. The highest BCUT2D eigenvalue weighted by Gasteiger charge is 2.01. The average Bonchev–Trinajstić information content (AvgIpc) is 2.25. The van der Waals surface area contributed by atoms with Gasteiger partial charge >= 0.3 is 0 Å². The molecule has 0 amide bonds. The van der Waals surface area contributed by atoms with Gasteiger partial charge in [-0.25, -0.2) is 4.98 Å². The quantitative estimate of drug-likeness (QED) is 0.535. The molecule has 0 unspecified atom stereocenters. The molecule has 1 rings (SSSR count). The molecular formula is C11H16ClNO. The standard InChI is InChI=1S/C11H16ClNO/c1-2-10-6-5-8-13-11(10)14-9-4-3-7-12/h5-6,8H,2-4,7,9H2,1H3. The number of alkyl halides is 1. The fraction of sp³-hybridized carbons (Fsp3) is 0.545. The zero-order valence-corrected chi connectivity index (χ0v) is 9.26. The minimum absolute atomic E-state index is 0.701. The first-order chi connectivity index (χ1) is 6.88. The van der Waals surface area contributed by atoms with Crippen molar-refractivity contribution in [2.45, 2.75) is 26.2 Å². The Bertz CT molecular complexity index is 265. The number of hydrogen-bond acceptors (Lipinski definition) is 2. The number of aryl methyl sites for hydroxylation is 1. The van der Waals surface area contributed by atoms with Gasteiger partial charge in [0, 0.05) is 17.6 Å². The molecule has 1 heterocycles. The summed E-state index contributed by atoms with van der Waals surface area (Å²) in [4.78, 5) is 4.19. The van der Waals surface area contributed by atoms with E-state index in [0.717, 1.165) is 25.1 Å². The summed E-state index contributed by atoms with van der Waals surface area (Å²) in [5, 5.41) is 0. The molecule has 0 saturated carbocycles. The number of nitrogens with zero attached hydrogens (tertiary/aromatic N) is 1. The van der Waals surface area contributed by atoms with Gasteiger partial charge < -0.3 is 4.74 Å². The first-order valence-electron chi connectivity index (χ1n) is 5.01. The van der Waals surface area contributed by atoms with Crippen molar-refractivity contribution in [3.8, 4) is 5.88 Å². The van der Waals surface area contributed by atoms with Gasteiger partial charge in [0.1, 0.15) is 0 Å². The molecule has 0 fully saturated rings. The molecule has 0 aliphatic rings. The second-order valence-corrected chi connectivity index (χ2v) is 3.44. The van der Waals surface area contributed by atoms with Gasteiger partial charge in [0.25, 0.3) is 0 Å². The van der Waals surface area contributed by atoms with Crippen molar-refractivity contribution >= 4 is 11.6 Å². The van der Waals surface area contributed by atoms with E-state index in [1.54, 1.807) is 6.20 Å². The van der Waals surface area contributed by atoms with E-state index in [2.05, 4.69) is 11.9 Å². The zero-order valence-electron chi connectivity index (χ0n) is 8.50. The summed E-state index contributed by atoms with van der Waals surface area (Å²) < 4.78 is 5.56. The largest absolute Gasteiger partial charge is 0.477 e. The predicted octanol–water partition coefficient (Wildman–Crippen LogP) is 3.04. The van der Waals surface area contributed by atoms with Gasteiger partial charge in [-0.1, -0.05) is 13.0 Å². The fourth-order valence-electron chi connectivity index (χ4n) is 1.19. The Kier molecular flexibility index (Phi) is 5.38. The lowest BCUT2D eigenvalue weighted by Gasteiger charge is -2.07. The van der Waals surface area contributed by atoms with Crippen LogP contribution in [-0.4, -0.2) is 17.5 Å². The molecule has 0 saturated heterocycles. The van der Waals surface area contributed by atoms with Crippen molar-refractivity contribution in [3.05, 3.63) is 23.9 Å². The van der Waals surface area contributed by atoms with E-state index < -0.39 is 0 Å². The van der Waals surface area contributed by atoms with Crippen LogP contribution in [-0.2, 0) is 6.42 Å². The van der Waals surface area contributed by atoms with Crippen molar-refractivity contribution < 1.29 is 4.74 Å². The summed E-state index contributed by atoms with van der Waals surface area (Å²) in [5.41, 5.74) is 1.17. The number of rotatable bonds is 6. The van der Waals surface area contributed by atoms with Crippen molar-refractivity contribution in [2.24, 2.45) is 0 Å². The minimum Gasteiger partial charge on any atom is -0.477 e. The van der Waals surface area contributed by atoms with E-state index in [-0.39, 0.29) is 0 Å². The van der Waals surface area contributed by atoms with Crippen LogP contribution in [0.4, 0.5) is 0 Å². The summed E-state index contributed by atoms with van der Waals surface area (Å²) >= 11 is 5.57. The third-order valence-electron chi connectivity index (χ3n) is 2.00. The van der Waals surface area contributed by atoms with Crippen LogP contribution in [0.2, 0.25) is 0 Å². The monoisotopic (exact) mass is 213 g/mol. The SMILES string of the molecule is CCc1cccnc1OCCCCCl. The molecule has 14 heavy (non-hydrogen) atoms. The van der Waals surface area contributed by atoms with Crippen molar-refractivity contribution in [2.75, 3.05) is 12.5 Å². The number of hydrogen-bond donors (Lipinski definition) is 0. The van der Waals surface area contributed by atoms with Gasteiger partial charge in [0.2, 0.25) is 5.88 Å². The Hall–Kier alpha value is -0.760. The summed E-state index contributed by atoms with van der Waals surface area (Å²) in [6.07, 6.45) is 4.70. The molecule has 0 spiro atoms. The van der Waals surface area contributed by atoms with Crippen LogP contribution in [0.5, 0.6) is 5.88 Å². The van der Waals surface area contributed by atoms with Gasteiger partial charge in [0.15, 0.2) is 0 Å². The van der Waals surface area contributed by atoms with Gasteiger partial charge in [0.05, 0.1) is 6.61 Å². The zero-order chi connectivity index (χ0) is 10.2. The van der Waals surface area contributed by atoms with Crippen molar-refractivity contribution in [1.82, 2.24) is 4.98 Å². The maximum atomic E-state index is 5.57. The number of halogens is 1. The molecular weight excluding hydrogens is 198 g/mol. The van der Waals surface area contributed by atoms with Crippen LogP contribution in [0.3, 0.4) is 0 Å². The number of aromatic nitrogens is 1. The molecule has 78 valence electrons. The van der Waals surface area contributed by atoms with Crippen LogP contribution in [0.15, 0.2) is 18.3 Å². The lowest BCUT2D eigenvalue weighted by molar-refractivity contribution is 0.295. The highest BCUT2D eigenvalue weighted by molar-refractivity contribution is 6.17. The summed E-state index contributed by atoms with van der Waals surface area (Å²) in [5.74, 6) is 1.47. The summed E-state index contributed by atoms with van der Waals surface area (Å²) in [6, 6.07) is 3.98. The fourth-order valence-corrected chi connectivity index (χ4v) is 1.38. The molecule has 0 atom stereocenters. The van der Waals surface area contributed by atoms with Gasteiger partial charge in [-0.05, 0) is 25.3 Å². The second-order valence-electron chi connectivity index (χ2n) is 3.07. The van der Waals surface area contributed by atoms with Crippen LogP contribution in [0, 0.1) is 0 Å². The smallest absolute Gasteiger partial charge is 0.216 e. The Morgan fingerprint density at radius 3 is 3.00 bits per heavy atom. The third-order valence-corrected chi connectivity index (χ3v) is 2.26. The van der Waals surface area contributed by atoms with E-state index in [0.29, 0.717) is 12.5 Å². The molecule has 0 aliphatic carbocycles. The minimum atomic E-state index is 0.701. The molecule has 0 aliphatic heterocycles. The van der Waals surface area contributed by atoms with Crippen LogP contribution < -0.4 is 4.74 Å². The molecule has 2 nitrogen and oxygen atoms in total. The second kappa shape index (κ2) is 6.66. The maximum Gasteiger partial charge on any atom is 0.216 e. The Morgan fingerprint density at radius 1 is 1.43 bits per heavy atom. The van der Waals surface area contributed by atoms with E-state index in [1.807, 2.05) is 12.1 Å². The Balaban J connectivity index is 2.41. The Morgan fingerprint density at radius 2 is 2.29 bits per heavy atom. The lowest BCUT2D eigenvalue weighted by Crippen LogP contribution is -2.01. The topological polar surface area (TPSA) is 22.1 Å². The van der Waals surface area contributed by atoms with Crippen molar-refractivity contribution in [3.63, 3.8) is 0 Å². The van der Waals surface area contributed by atoms with Crippen LogP contribution >= 0.6 is 11.6 Å². The number of unbranched alkanes of at least 4 members (excludes halogenated alkanes) is 1. The molecule has 0 radical (unpaired) electrons. The van der Waals surface area contributed by atoms with E-state index >= 15 is 0 Å². The highest BCUT2D eigenvalue weighted by atomic mass is 35.5. The van der Waals surface area contributed by atoms with E-state index in [4.69, 9.17) is 16.3 Å². The van der Waals surface area contributed by atoms with E-state index in [1.165, 1.54) is 5.56 Å². The molecule has 3 heteroatoms. The first-order valence-corrected chi connectivity index (χ1v) is 5.54. The molecule has 1 aromatic heterocycles. The molecule has 1 aromatic rings. The van der Waals surface area contributed by atoms with Crippen LogP contribution in [0.1, 0.15) is 25.3 Å². The van der Waals surface area contributed by atoms with Gasteiger partial charge in [-0.3, -0.25) is 0 Å². The van der Waals surface area contributed by atoms with Gasteiger partial charge in [-0.2, -0.15) is 0 Å². The maximum absolute atomic E-state index is 5.57. The normalized spacial score (nSPS) is 10.1. The third kappa shape index (κ3) is 3.54. The average molecular weight is 214 g/mol. The first kappa shape index (κ1) is 11.3. The lowest BCUT2D eigenvalue weighted by atomic mass is 10.2. The van der Waals surface area contributed by atoms with E-state index in [9.17, 15) is 0 Å². The van der Waals surface area contributed by atoms with Crippen molar-refractivity contribution in [1.29, 1.82) is 0 Å².